The Labute approximate surface area is 111 Å². The standard InChI is InChI=1S/C16H15Br/c1-2-11-3-7-15-12(9-11)4-5-13-10-14(17)6-8-16(13)15/h3,6-10H,2,4-5H2,1H3. The molecule has 0 atom stereocenters. The number of benzene rings is 2. The van der Waals surface area contributed by atoms with Crippen molar-refractivity contribution < 1.29 is 0 Å². The van der Waals surface area contributed by atoms with Crippen molar-refractivity contribution in [1.82, 2.24) is 0 Å². The Morgan fingerprint density at radius 2 is 1.59 bits per heavy atom. The minimum absolute atomic E-state index is 1.13. The summed E-state index contributed by atoms with van der Waals surface area (Å²) >= 11 is 3.55. The van der Waals surface area contributed by atoms with Crippen LogP contribution in [0.3, 0.4) is 0 Å². The number of hydrogen-bond donors (Lipinski definition) is 0. The lowest BCUT2D eigenvalue weighted by Gasteiger charge is -2.20. The first kappa shape index (κ1) is 11.0. The van der Waals surface area contributed by atoms with Crippen molar-refractivity contribution in [3.63, 3.8) is 0 Å². The summed E-state index contributed by atoms with van der Waals surface area (Å²) in [5.41, 5.74) is 7.27. The van der Waals surface area contributed by atoms with E-state index in [9.17, 15) is 0 Å². The zero-order valence-corrected chi connectivity index (χ0v) is 11.5. The summed E-state index contributed by atoms with van der Waals surface area (Å²) in [5, 5.41) is 0. The predicted molar refractivity (Wildman–Crippen MR) is 76.4 cm³/mol. The third kappa shape index (κ3) is 1.93. The Balaban J connectivity index is 2.16. The first-order chi connectivity index (χ1) is 8.28. The van der Waals surface area contributed by atoms with Crippen molar-refractivity contribution in [3.05, 3.63) is 57.6 Å². The minimum atomic E-state index is 1.13. The van der Waals surface area contributed by atoms with E-state index in [-0.39, 0.29) is 0 Å². The zero-order chi connectivity index (χ0) is 11.8. The molecule has 0 saturated carbocycles. The Hall–Kier alpha value is -1.08. The van der Waals surface area contributed by atoms with Crippen LogP contribution in [0.4, 0.5) is 0 Å². The highest BCUT2D eigenvalue weighted by Gasteiger charge is 2.15. The van der Waals surface area contributed by atoms with Gasteiger partial charge < -0.3 is 0 Å². The third-order valence-electron chi connectivity index (χ3n) is 3.60. The number of hydrogen-bond acceptors (Lipinski definition) is 0. The van der Waals surface area contributed by atoms with Crippen LogP contribution >= 0.6 is 15.9 Å². The van der Waals surface area contributed by atoms with Gasteiger partial charge in [-0.1, -0.05) is 47.1 Å². The molecule has 0 unspecified atom stereocenters. The maximum absolute atomic E-state index is 3.55. The number of fused-ring (bicyclic) bond motifs is 3. The van der Waals surface area contributed by atoms with Gasteiger partial charge in [-0.3, -0.25) is 0 Å². The summed E-state index contributed by atoms with van der Waals surface area (Å²) in [7, 11) is 0. The van der Waals surface area contributed by atoms with E-state index in [0.29, 0.717) is 0 Å². The lowest BCUT2D eigenvalue weighted by Crippen LogP contribution is -2.04. The molecule has 0 heterocycles. The topological polar surface area (TPSA) is 0 Å². The van der Waals surface area contributed by atoms with Crippen LogP contribution in [-0.4, -0.2) is 0 Å². The molecule has 0 aliphatic heterocycles. The van der Waals surface area contributed by atoms with Gasteiger partial charge in [-0.2, -0.15) is 0 Å². The van der Waals surface area contributed by atoms with Gasteiger partial charge in [-0.25, -0.2) is 0 Å². The SMILES string of the molecule is CCc1ccc2c(c1)CCc1cc(Br)ccc1-2. The molecule has 0 amide bonds. The lowest BCUT2D eigenvalue weighted by atomic mass is 9.85. The summed E-state index contributed by atoms with van der Waals surface area (Å²) in [6, 6.07) is 13.6. The van der Waals surface area contributed by atoms with Crippen LogP contribution in [-0.2, 0) is 19.3 Å². The fourth-order valence-electron chi connectivity index (χ4n) is 2.64. The van der Waals surface area contributed by atoms with Crippen molar-refractivity contribution in [3.8, 4) is 11.1 Å². The molecule has 0 spiro atoms. The highest BCUT2D eigenvalue weighted by atomic mass is 79.9. The number of halogens is 1. The molecule has 0 radical (unpaired) electrons. The summed E-state index contributed by atoms with van der Waals surface area (Å²) in [5.74, 6) is 0. The molecule has 0 aromatic heterocycles. The second kappa shape index (κ2) is 4.30. The highest BCUT2D eigenvalue weighted by molar-refractivity contribution is 9.10. The van der Waals surface area contributed by atoms with Gasteiger partial charge in [-0.05, 0) is 59.2 Å². The quantitative estimate of drug-likeness (QED) is 0.708. The largest absolute Gasteiger partial charge is 0.0613 e. The fraction of sp³-hybridized carbons (Fsp3) is 0.250. The van der Waals surface area contributed by atoms with Crippen LogP contribution in [0.25, 0.3) is 11.1 Å². The molecule has 0 saturated heterocycles. The van der Waals surface area contributed by atoms with Crippen LogP contribution in [0.1, 0.15) is 23.6 Å². The molecular formula is C16H15Br. The molecule has 86 valence electrons. The van der Waals surface area contributed by atoms with Crippen molar-refractivity contribution in [2.75, 3.05) is 0 Å². The summed E-state index contributed by atoms with van der Waals surface area (Å²) in [4.78, 5) is 0. The van der Waals surface area contributed by atoms with E-state index in [1.165, 1.54) is 38.7 Å². The van der Waals surface area contributed by atoms with E-state index in [2.05, 4.69) is 59.3 Å². The average Bonchev–Trinajstić information content (AvgIpc) is 2.37. The fourth-order valence-corrected chi connectivity index (χ4v) is 3.05. The minimum Gasteiger partial charge on any atom is -0.0613 e. The smallest absolute Gasteiger partial charge is 0.0178 e. The Bertz CT molecular complexity index is 570. The van der Waals surface area contributed by atoms with Crippen LogP contribution < -0.4 is 0 Å². The van der Waals surface area contributed by atoms with Gasteiger partial charge in [0.05, 0.1) is 0 Å². The summed E-state index contributed by atoms with van der Waals surface area (Å²) in [6.45, 7) is 2.22. The Morgan fingerprint density at radius 3 is 2.29 bits per heavy atom. The van der Waals surface area contributed by atoms with Gasteiger partial charge in [0.2, 0.25) is 0 Å². The van der Waals surface area contributed by atoms with Crippen molar-refractivity contribution in [2.24, 2.45) is 0 Å². The number of rotatable bonds is 1. The van der Waals surface area contributed by atoms with Crippen molar-refractivity contribution in [1.29, 1.82) is 0 Å². The monoisotopic (exact) mass is 286 g/mol. The maximum atomic E-state index is 3.55. The van der Waals surface area contributed by atoms with Crippen LogP contribution in [0, 0.1) is 0 Å². The van der Waals surface area contributed by atoms with E-state index < -0.39 is 0 Å². The Morgan fingerprint density at radius 1 is 0.941 bits per heavy atom. The summed E-state index contributed by atoms with van der Waals surface area (Å²) in [6.07, 6.45) is 3.46. The van der Waals surface area contributed by atoms with Gasteiger partial charge in [0.15, 0.2) is 0 Å². The molecule has 0 N–H and O–H groups in total. The van der Waals surface area contributed by atoms with Crippen LogP contribution in [0.5, 0.6) is 0 Å². The first-order valence-electron chi connectivity index (χ1n) is 6.18. The first-order valence-corrected chi connectivity index (χ1v) is 6.98. The van der Waals surface area contributed by atoms with Gasteiger partial charge in [0.25, 0.3) is 0 Å². The molecule has 1 aliphatic rings. The van der Waals surface area contributed by atoms with E-state index >= 15 is 0 Å². The van der Waals surface area contributed by atoms with Gasteiger partial charge >= 0.3 is 0 Å². The molecule has 17 heavy (non-hydrogen) atoms. The van der Waals surface area contributed by atoms with Crippen LogP contribution in [0.2, 0.25) is 0 Å². The zero-order valence-electron chi connectivity index (χ0n) is 9.96. The second-order valence-electron chi connectivity index (χ2n) is 4.65. The third-order valence-corrected chi connectivity index (χ3v) is 4.09. The highest BCUT2D eigenvalue weighted by Crippen LogP contribution is 2.35. The predicted octanol–water partition coefficient (Wildman–Crippen LogP) is 4.78. The van der Waals surface area contributed by atoms with Crippen molar-refractivity contribution >= 4 is 15.9 Å². The molecule has 2 aromatic rings. The molecule has 2 aromatic carbocycles. The molecule has 0 fully saturated rings. The molecule has 0 nitrogen and oxygen atoms in total. The molecule has 0 bridgehead atoms. The average molecular weight is 287 g/mol. The summed E-state index contributed by atoms with van der Waals surface area (Å²) < 4.78 is 1.19. The van der Waals surface area contributed by atoms with Crippen LogP contribution in [0.15, 0.2) is 40.9 Å². The number of aryl methyl sites for hydroxylation is 3. The normalized spacial score (nSPS) is 13.1. The van der Waals surface area contributed by atoms with E-state index in [1.54, 1.807) is 0 Å². The molecule has 3 rings (SSSR count). The van der Waals surface area contributed by atoms with Gasteiger partial charge in [0.1, 0.15) is 0 Å². The van der Waals surface area contributed by atoms with Gasteiger partial charge in [0, 0.05) is 4.47 Å². The van der Waals surface area contributed by atoms with E-state index in [0.717, 1.165) is 12.8 Å². The second-order valence-corrected chi connectivity index (χ2v) is 5.56. The maximum Gasteiger partial charge on any atom is 0.0178 e. The Kier molecular flexibility index (Phi) is 2.79. The van der Waals surface area contributed by atoms with Gasteiger partial charge in [-0.15, -0.1) is 0 Å². The molecule has 1 heteroatoms. The van der Waals surface area contributed by atoms with Crippen molar-refractivity contribution in [2.45, 2.75) is 26.2 Å². The molecular weight excluding hydrogens is 272 g/mol. The van der Waals surface area contributed by atoms with E-state index in [1.807, 2.05) is 0 Å². The molecule has 1 aliphatic carbocycles. The van der Waals surface area contributed by atoms with E-state index in [4.69, 9.17) is 0 Å². The lowest BCUT2D eigenvalue weighted by molar-refractivity contribution is 0.934.